The van der Waals surface area contributed by atoms with Gasteiger partial charge in [-0.25, -0.2) is 8.78 Å². The number of rotatable bonds is 5. The van der Waals surface area contributed by atoms with Crippen molar-refractivity contribution in [2.45, 2.75) is 18.9 Å². The van der Waals surface area contributed by atoms with Crippen LogP contribution in [0.1, 0.15) is 33.8 Å². The van der Waals surface area contributed by atoms with Gasteiger partial charge in [0.2, 0.25) is 5.91 Å². The Kier molecular flexibility index (Phi) is 6.59. The number of hydrogen-bond acceptors (Lipinski definition) is 2. The zero-order chi connectivity index (χ0) is 22.5. The molecule has 164 valence electrons. The van der Waals surface area contributed by atoms with Crippen LogP contribution >= 0.6 is 0 Å². The van der Waals surface area contributed by atoms with Crippen molar-refractivity contribution in [2.24, 2.45) is 5.92 Å². The van der Waals surface area contributed by atoms with E-state index in [0.717, 1.165) is 5.56 Å². The third-order valence-corrected chi connectivity index (χ3v) is 5.84. The Labute approximate surface area is 185 Å². The maximum absolute atomic E-state index is 14.3. The first kappa shape index (κ1) is 21.7. The lowest BCUT2D eigenvalue weighted by molar-refractivity contribution is -0.126. The van der Waals surface area contributed by atoms with E-state index in [1.165, 1.54) is 30.3 Å². The average molecular weight is 434 g/mol. The number of hydrogen-bond donors (Lipinski definition) is 1. The molecule has 6 heteroatoms. The highest BCUT2D eigenvalue weighted by Gasteiger charge is 2.35. The van der Waals surface area contributed by atoms with Gasteiger partial charge in [-0.05, 0) is 41.8 Å². The van der Waals surface area contributed by atoms with Gasteiger partial charge >= 0.3 is 0 Å². The van der Waals surface area contributed by atoms with Gasteiger partial charge in [0.15, 0.2) is 0 Å². The number of nitrogens with zero attached hydrogens (tertiary/aromatic N) is 1. The maximum atomic E-state index is 14.3. The van der Waals surface area contributed by atoms with E-state index in [1.807, 2.05) is 30.3 Å². The van der Waals surface area contributed by atoms with Gasteiger partial charge in [-0.15, -0.1) is 0 Å². The van der Waals surface area contributed by atoms with Crippen molar-refractivity contribution < 1.29 is 18.4 Å². The molecule has 0 aliphatic carbocycles. The summed E-state index contributed by atoms with van der Waals surface area (Å²) in [6.07, 6.45) is 0.569. The first-order valence-electron chi connectivity index (χ1n) is 10.6. The predicted octanol–water partition coefficient (Wildman–Crippen LogP) is 4.53. The molecular formula is C26H24F2N2O2. The van der Waals surface area contributed by atoms with Crippen molar-refractivity contribution in [3.05, 3.63) is 107 Å². The molecule has 32 heavy (non-hydrogen) atoms. The summed E-state index contributed by atoms with van der Waals surface area (Å²) in [5.41, 5.74) is 1.69. The van der Waals surface area contributed by atoms with E-state index < -0.39 is 17.6 Å². The summed E-state index contributed by atoms with van der Waals surface area (Å²) in [4.78, 5) is 27.6. The third kappa shape index (κ3) is 5.02. The van der Waals surface area contributed by atoms with Crippen LogP contribution in [0.4, 0.5) is 8.78 Å². The van der Waals surface area contributed by atoms with Crippen molar-refractivity contribution >= 4 is 11.8 Å². The Morgan fingerprint density at radius 2 is 1.66 bits per heavy atom. The highest BCUT2D eigenvalue weighted by atomic mass is 19.1. The Hall–Kier alpha value is -3.54. The first-order valence-corrected chi connectivity index (χ1v) is 10.6. The number of piperidine rings is 1. The van der Waals surface area contributed by atoms with Crippen LogP contribution in [0.2, 0.25) is 0 Å². The summed E-state index contributed by atoms with van der Waals surface area (Å²) in [7, 11) is 0. The number of benzene rings is 3. The summed E-state index contributed by atoms with van der Waals surface area (Å²) in [5.74, 6) is -2.08. The Morgan fingerprint density at radius 1 is 0.906 bits per heavy atom. The standard InChI is InChI=1S/C26H24F2N2O2/c27-22-10-6-7-18(13-22)15-29-25(31)21-14-20(19-8-2-1-3-9-19)16-30(17-21)26(32)23-11-4-5-12-24(23)28/h1-13,20-21H,14-17H2,(H,29,31). The lowest BCUT2D eigenvalue weighted by Gasteiger charge is -2.37. The van der Waals surface area contributed by atoms with Crippen LogP contribution in [-0.4, -0.2) is 29.8 Å². The minimum absolute atomic E-state index is 0.000121. The van der Waals surface area contributed by atoms with E-state index in [-0.39, 0.29) is 36.3 Å². The summed E-state index contributed by atoms with van der Waals surface area (Å²) in [6, 6.07) is 21.7. The fourth-order valence-electron chi connectivity index (χ4n) is 4.21. The summed E-state index contributed by atoms with van der Waals surface area (Å²) < 4.78 is 27.7. The number of carbonyl (C=O) groups is 2. The molecule has 1 fully saturated rings. The zero-order valence-electron chi connectivity index (χ0n) is 17.5. The smallest absolute Gasteiger partial charge is 0.256 e. The average Bonchev–Trinajstić information content (AvgIpc) is 2.83. The van der Waals surface area contributed by atoms with Gasteiger partial charge in [0.1, 0.15) is 11.6 Å². The third-order valence-electron chi connectivity index (χ3n) is 5.84. The molecule has 4 nitrogen and oxygen atoms in total. The quantitative estimate of drug-likeness (QED) is 0.642. The van der Waals surface area contributed by atoms with Crippen molar-refractivity contribution in [2.75, 3.05) is 13.1 Å². The first-order chi connectivity index (χ1) is 15.5. The van der Waals surface area contributed by atoms with Gasteiger partial charge in [0.25, 0.3) is 5.91 Å². The van der Waals surface area contributed by atoms with Crippen LogP contribution in [0.25, 0.3) is 0 Å². The molecular weight excluding hydrogens is 410 g/mol. The molecule has 2 amide bonds. The highest BCUT2D eigenvalue weighted by molar-refractivity contribution is 5.95. The van der Waals surface area contributed by atoms with E-state index in [0.29, 0.717) is 18.5 Å². The summed E-state index contributed by atoms with van der Waals surface area (Å²) >= 11 is 0. The van der Waals surface area contributed by atoms with Crippen LogP contribution in [0.3, 0.4) is 0 Å². The van der Waals surface area contributed by atoms with Gasteiger partial charge in [0, 0.05) is 25.6 Å². The Bertz CT molecular complexity index is 1100. The topological polar surface area (TPSA) is 49.4 Å². The lowest BCUT2D eigenvalue weighted by Crippen LogP contribution is -2.48. The molecule has 0 radical (unpaired) electrons. The lowest BCUT2D eigenvalue weighted by atomic mass is 9.83. The molecule has 0 saturated carbocycles. The van der Waals surface area contributed by atoms with E-state index in [4.69, 9.17) is 0 Å². The number of likely N-dealkylation sites (tertiary alicyclic amines) is 1. The van der Waals surface area contributed by atoms with Crippen molar-refractivity contribution in [1.82, 2.24) is 10.2 Å². The van der Waals surface area contributed by atoms with Gasteiger partial charge in [-0.3, -0.25) is 9.59 Å². The van der Waals surface area contributed by atoms with E-state index in [9.17, 15) is 18.4 Å². The van der Waals surface area contributed by atoms with Crippen LogP contribution in [0.5, 0.6) is 0 Å². The highest BCUT2D eigenvalue weighted by Crippen LogP contribution is 2.31. The molecule has 2 unspecified atom stereocenters. The molecule has 4 rings (SSSR count). The van der Waals surface area contributed by atoms with Crippen LogP contribution in [-0.2, 0) is 11.3 Å². The number of amides is 2. The molecule has 0 bridgehead atoms. The molecule has 1 aliphatic heterocycles. The zero-order valence-corrected chi connectivity index (χ0v) is 17.5. The van der Waals surface area contributed by atoms with Crippen LogP contribution in [0.15, 0.2) is 78.9 Å². The van der Waals surface area contributed by atoms with E-state index in [1.54, 1.807) is 23.1 Å². The normalized spacial score (nSPS) is 18.2. The molecule has 2 atom stereocenters. The van der Waals surface area contributed by atoms with Gasteiger partial charge in [-0.1, -0.05) is 54.6 Å². The molecule has 1 saturated heterocycles. The van der Waals surface area contributed by atoms with Crippen molar-refractivity contribution in [3.8, 4) is 0 Å². The molecule has 3 aromatic carbocycles. The molecule has 1 heterocycles. The van der Waals surface area contributed by atoms with Crippen molar-refractivity contribution in [1.29, 1.82) is 0 Å². The molecule has 3 aromatic rings. The SMILES string of the molecule is O=C(NCc1cccc(F)c1)C1CC(c2ccccc2)CN(C(=O)c2ccccc2F)C1. The van der Waals surface area contributed by atoms with E-state index in [2.05, 4.69) is 5.32 Å². The predicted molar refractivity (Wildman–Crippen MR) is 118 cm³/mol. The molecule has 0 spiro atoms. The molecule has 0 aromatic heterocycles. The maximum Gasteiger partial charge on any atom is 0.256 e. The van der Waals surface area contributed by atoms with Crippen LogP contribution in [0, 0.1) is 17.6 Å². The number of nitrogens with one attached hydrogen (secondary N) is 1. The number of carbonyl (C=O) groups excluding carboxylic acids is 2. The molecule has 1 aliphatic rings. The Balaban J connectivity index is 1.53. The minimum Gasteiger partial charge on any atom is -0.352 e. The summed E-state index contributed by atoms with van der Waals surface area (Å²) in [6.45, 7) is 0.806. The van der Waals surface area contributed by atoms with Gasteiger partial charge in [0.05, 0.1) is 11.5 Å². The van der Waals surface area contributed by atoms with Crippen LogP contribution < -0.4 is 5.32 Å². The fourth-order valence-corrected chi connectivity index (χ4v) is 4.21. The van der Waals surface area contributed by atoms with E-state index >= 15 is 0 Å². The monoisotopic (exact) mass is 434 g/mol. The fraction of sp³-hybridized carbons (Fsp3) is 0.231. The second kappa shape index (κ2) is 9.73. The summed E-state index contributed by atoms with van der Waals surface area (Å²) in [5, 5.41) is 2.86. The molecule has 1 N–H and O–H groups in total. The largest absolute Gasteiger partial charge is 0.352 e. The minimum atomic E-state index is -0.577. The van der Waals surface area contributed by atoms with Gasteiger partial charge in [-0.2, -0.15) is 0 Å². The second-order valence-corrected chi connectivity index (χ2v) is 8.08. The number of halogens is 2. The van der Waals surface area contributed by atoms with Gasteiger partial charge < -0.3 is 10.2 Å². The second-order valence-electron chi connectivity index (χ2n) is 8.08. The Morgan fingerprint density at radius 3 is 2.41 bits per heavy atom. The van der Waals surface area contributed by atoms with Crippen molar-refractivity contribution in [3.63, 3.8) is 0 Å².